The lowest BCUT2D eigenvalue weighted by Gasteiger charge is -2.11. The van der Waals surface area contributed by atoms with Crippen molar-refractivity contribution in [3.8, 4) is 0 Å². The summed E-state index contributed by atoms with van der Waals surface area (Å²) in [5.41, 5.74) is 0. The third kappa shape index (κ3) is 1.53. The van der Waals surface area contributed by atoms with E-state index in [2.05, 4.69) is 0 Å². The topological polar surface area (TPSA) is 37.3 Å². The number of Topliss-reactive ketones (excluding diaryl/α,β-unsaturated/α-hetero) is 1. The summed E-state index contributed by atoms with van der Waals surface area (Å²) in [7, 11) is 0. The summed E-state index contributed by atoms with van der Waals surface area (Å²) in [6.07, 6.45) is 3.75. The van der Waals surface area contributed by atoms with Crippen LogP contribution in [0.3, 0.4) is 0 Å². The molecule has 0 radical (unpaired) electrons. The molecule has 2 aliphatic carbocycles. The molecule has 68 valence electrons. The van der Waals surface area contributed by atoms with Crippen molar-refractivity contribution in [2.75, 3.05) is 0 Å². The van der Waals surface area contributed by atoms with E-state index in [1.807, 2.05) is 0 Å². The Labute approximate surface area is 73.0 Å². The van der Waals surface area contributed by atoms with Gasteiger partial charge in [-0.15, -0.1) is 0 Å². The molecule has 3 unspecified atom stereocenters. The summed E-state index contributed by atoms with van der Waals surface area (Å²) in [6, 6.07) is 0. The first-order valence-electron chi connectivity index (χ1n) is 4.87. The summed E-state index contributed by atoms with van der Waals surface area (Å²) in [5.74, 6) is 2.51. The molecule has 2 fully saturated rings. The maximum Gasteiger partial charge on any atom is 0.161 e. The summed E-state index contributed by atoms with van der Waals surface area (Å²) in [4.78, 5) is 11.2. The fraction of sp³-hybridized carbons (Fsp3) is 0.900. The van der Waals surface area contributed by atoms with Gasteiger partial charge in [0.25, 0.3) is 0 Å². The van der Waals surface area contributed by atoms with Crippen molar-refractivity contribution < 1.29 is 9.90 Å². The van der Waals surface area contributed by atoms with Gasteiger partial charge in [0.2, 0.25) is 0 Å². The quantitative estimate of drug-likeness (QED) is 0.691. The van der Waals surface area contributed by atoms with Crippen LogP contribution in [0.1, 0.15) is 32.6 Å². The smallest absolute Gasteiger partial charge is 0.161 e. The van der Waals surface area contributed by atoms with Crippen LogP contribution >= 0.6 is 0 Å². The van der Waals surface area contributed by atoms with Crippen LogP contribution in [0.4, 0.5) is 0 Å². The third-order valence-corrected chi connectivity index (χ3v) is 3.30. The molecule has 0 aromatic heterocycles. The number of carbonyl (C=O) groups excluding carboxylic acids is 1. The number of carbonyl (C=O) groups is 1. The van der Waals surface area contributed by atoms with Gasteiger partial charge in [0.15, 0.2) is 5.78 Å². The molecule has 0 amide bonds. The molecule has 3 atom stereocenters. The van der Waals surface area contributed by atoms with Crippen LogP contribution in [-0.4, -0.2) is 17.0 Å². The largest absolute Gasteiger partial charge is 0.386 e. The Morgan fingerprint density at radius 2 is 2.00 bits per heavy atom. The van der Waals surface area contributed by atoms with Gasteiger partial charge >= 0.3 is 0 Å². The second kappa shape index (κ2) is 2.84. The standard InChI is InChI=1S/C10H16O2/c1-6(11)10(12)4-7-2-8-5-9(8)3-7/h6-9,11H,2-5H2,1H3. The molecule has 0 aromatic rings. The zero-order valence-corrected chi connectivity index (χ0v) is 7.49. The molecule has 0 saturated heterocycles. The summed E-state index contributed by atoms with van der Waals surface area (Å²) in [5, 5.41) is 9.01. The van der Waals surface area contributed by atoms with Crippen molar-refractivity contribution in [3.05, 3.63) is 0 Å². The first-order chi connectivity index (χ1) is 5.66. The van der Waals surface area contributed by atoms with Gasteiger partial charge in [-0.05, 0) is 43.9 Å². The molecule has 0 aliphatic heterocycles. The van der Waals surface area contributed by atoms with Crippen molar-refractivity contribution in [1.29, 1.82) is 0 Å². The first kappa shape index (κ1) is 8.24. The van der Waals surface area contributed by atoms with E-state index in [0.717, 1.165) is 11.8 Å². The normalized spacial score (nSPS) is 40.7. The SMILES string of the molecule is CC(O)C(=O)CC1CC2CC2C1. The maximum absolute atomic E-state index is 11.2. The van der Waals surface area contributed by atoms with Crippen LogP contribution in [0.25, 0.3) is 0 Å². The predicted octanol–water partition coefficient (Wildman–Crippen LogP) is 1.37. The van der Waals surface area contributed by atoms with E-state index < -0.39 is 6.10 Å². The highest BCUT2D eigenvalue weighted by Gasteiger charge is 2.46. The van der Waals surface area contributed by atoms with Crippen LogP contribution in [-0.2, 0) is 4.79 Å². The average molecular weight is 168 g/mol. The van der Waals surface area contributed by atoms with Gasteiger partial charge in [-0.3, -0.25) is 4.79 Å². The number of hydrogen-bond acceptors (Lipinski definition) is 2. The number of aliphatic hydroxyl groups excluding tert-OH is 1. The average Bonchev–Trinajstić information content (AvgIpc) is 2.59. The number of aliphatic hydroxyl groups is 1. The van der Waals surface area contributed by atoms with Crippen molar-refractivity contribution in [3.63, 3.8) is 0 Å². The van der Waals surface area contributed by atoms with Gasteiger partial charge < -0.3 is 5.11 Å². The summed E-state index contributed by atoms with van der Waals surface area (Å²) < 4.78 is 0. The van der Waals surface area contributed by atoms with E-state index in [1.54, 1.807) is 6.92 Å². The number of ketones is 1. The van der Waals surface area contributed by atoms with Crippen LogP contribution in [0, 0.1) is 17.8 Å². The van der Waals surface area contributed by atoms with Gasteiger partial charge in [0.05, 0.1) is 0 Å². The Morgan fingerprint density at radius 3 is 2.50 bits per heavy atom. The Hall–Kier alpha value is -0.370. The molecular formula is C10H16O2. The molecule has 2 aliphatic rings. The Balaban J connectivity index is 1.77. The van der Waals surface area contributed by atoms with E-state index >= 15 is 0 Å². The van der Waals surface area contributed by atoms with Crippen molar-refractivity contribution in [2.45, 2.75) is 38.7 Å². The van der Waals surface area contributed by atoms with E-state index in [0.29, 0.717) is 12.3 Å². The molecule has 0 bridgehead atoms. The molecule has 2 nitrogen and oxygen atoms in total. The lowest BCUT2D eigenvalue weighted by atomic mass is 9.95. The second-order valence-corrected chi connectivity index (χ2v) is 4.44. The van der Waals surface area contributed by atoms with Gasteiger partial charge in [0, 0.05) is 6.42 Å². The van der Waals surface area contributed by atoms with Crippen LogP contribution in [0.2, 0.25) is 0 Å². The minimum atomic E-state index is -0.748. The zero-order chi connectivity index (χ0) is 8.72. The third-order valence-electron chi connectivity index (χ3n) is 3.30. The van der Waals surface area contributed by atoms with E-state index in [1.165, 1.54) is 19.3 Å². The van der Waals surface area contributed by atoms with E-state index in [4.69, 9.17) is 5.11 Å². The Kier molecular flexibility index (Phi) is 1.95. The van der Waals surface area contributed by atoms with Crippen molar-refractivity contribution in [2.24, 2.45) is 17.8 Å². The lowest BCUT2D eigenvalue weighted by Crippen LogP contribution is -2.19. The molecule has 12 heavy (non-hydrogen) atoms. The maximum atomic E-state index is 11.2. The van der Waals surface area contributed by atoms with Crippen LogP contribution in [0.5, 0.6) is 0 Å². The van der Waals surface area contributed by atoms with Crippen LogP contribution < -0.4 is 0 Å². The van der Waals surface area contributed by atoms with Gasteiger partial charge in [0.1, 0.15) is 6.10 Å². The van der Waals surface area contributed by atoms with Crippen LogP contribution in [0.15, 0.2) is 0 Å². The zero-order valence-electron chi connectivity index (χ0n) is 7.49. The van der Waals surface area contributed by atoms with Crippen molar-refractivity contribution >= 4 is 5.78 Å². The molecule has 0 spiro atoms. The predicted molar refractivity (Wildman–Crippen MR) is 45.6 cm³/mol. The van der Waals surface area contributed by atoms with Gasteiger partial charge in [-0.2, -0.15) is 0 Å². The monoisotopic (exact) mass is 168 g/mol. The Morgan fingerprint density at radius 1 is 1.42 bits per heavy atom. The molecule has 2 rings (SSSR count). The number of hydrogen-bond donors (Lipinski definition) is 1. The first-order valence-corrected chi connectivity index (χ1v) is 4.87. The minimum Gasteiger partial charge on any atom is -0.386 e. The van der Waals surface area contributed by atoms with Crippen molar-refractivity contribution in [1.82, 2.24) is 0 Å². The van der Waals surface area contributed by atoms with Gasteiger partial charge in [-0.1, -0.05) is 0 Å². The highest BCUT2D eigenvalue weighted by atomic mass is 16.3. The molecule has 2 heteroatoms. The summed E-state index contributed by atoms with van der Waals surface area (Å²) in [6.45, 7) is 1.57. The highest BCUT2D eigenvalue weighted by Crippen LogP contribution is 2.55. The highest BCUT2D eigenvalue weighted by molar-refractivity contribution is 5.82. The van der Waals surface area contributed by atoms with E-state index in [9.17, 15) is 4.79 Å². The number of rotatable bonds is 3. The van der Waals surface area contributed by atoms with Gasteiger partial charge in [-0.25, -0.2) is 0 Å². The summed E-state index contributed by atoms with van der Waals surface area (Å²) >= 11 is 0. The fourth-order valence-corrected chi connectivity index (χ4v) is 2.46. The molecular weight excluding hydrogens is 152 g/mol. The number of fused-ring (bicyclic) bond motifs is 1. The fourth-order valence-electron chi connectivity index (χ4n) is 2.46. The van der Waals surface area contributed by atoms with E-state index in [-0.39, 0.29) is 5.78 Å². The lowest BCUT2D eigenvalue weighted by molar-refractivity contribution is -0.127. The Bertz CT molecular complexity index is 188. The molecule has 2 saturated carbocycles. The minimum absolute atomic E-state index is 0.0290. The molecule has 0 aromatic carbocycles. The molecule has 0 heterocycles. The molecule has 1 N–H and O–H groups in total. The second-order valence-electron chi connectivity index (χ2n) is 4.44.